The molecular formula is C21H32N3O3P. The smallest absolute Gasteiger partial charge is 0.377 e. The molecule has 3 N–H and O–H groups in total. The molecule has 6 nitrogen and oxygen atoms in total. The van der Waals surface area contributed by atoms with Gasteiger partial charge in [-0.05, 0) is 62.6 Å². The van der Waals surface area contributed by atoms with Crippen molar-refractivity contribution in [1.29, 1.82) is 0 Å². The molecule has 1 aromatic rings. The number of fused-ring (bicyclic) bond motifs is 3. The Kier molecular flexibility index (Phi) is 7.13. The Morgan fingerprint density at radius 3 is 2.82 bits per heavy atom. The van der Waals surface area contributed by atoms with Gasteiger partial charge < -0.3 is 15.5 Å². The van der Waals surface area contributed by atoms with Crippen molar-refractivity contribution in [2.75, 3.05) is 33.3 Å². The van der Waals surface area contributed by atoms with Crippen molar-refractivity contribution in [1.82, 2.24) is 9.57 Å². The molecule has 2 aliphatic rings. The lowest BCUT2D eigenvalue weighted by atomic mass is 9.81. The van der Waals surface area contributed by atoms with Gasteiger partial charge in [-0.3, -0.25) is 4.52 Å². The first-order chi connectivity index (χ1) is 13.4. The normalized spacial score (nSPS) is 27.4. The van der Waals surface area contributed by atoms with Gasteiger partial charge in [0.05, 0.1) is 6.61 Å². The first-order valence-electron chi connectivity index (χ1n) is 10.0. The van der Waals surface area contributed by atoms with Crippen LogP contribution in [-0.2, 0) is 15.5 Å². The highest BCUT2D eigenvalue weighted by Crippen LogP contribution is 2.45. The van der Waals surface area contributed by atoms with E-state index in [0.717, 1.165) is 43.5 Å². The highest BCUT2D eigenvalue weighted by atomic mass is 31.2. The maximum atomic E-state index is 12.6. The average molecular weight is 405 g/mol. The number of likely N-dealkylation sites (N-methyl/N-ethyl adjacent to an activating group) is 1. The van der Waals surface area contributed by atoms with Crippen LogP contribution >= 0.6 is 7.75 Å². The molecule has 0 spiro atoms. The minimum atomic E-state index is -3.82. The minimum Gasteiger partial charge on any atom is -0.377 e. The van der Waals surface area contributed by atoms with E-state index in [4.69, 9.17) is 10.3 Å². The summed E-state index contributed by atoms with van der Waals surface area (Å²) in [6.45, 7) is 2.63. The number of benzene rings is 1. The maximum Gasteiger partial charge on any atom is 0.405 e. The van der Waals surface area contributed by atoms with Crippen LogP contribution in [0.3, 0.4) is 0 Å². The average Bonchev–Trinajstić information content (AvgIpc) is 2.82. The molecule has 0 saturated carbocycles. The van der Waals surface area contributed by atoms with Crippen LogP contribution in [0.5, 0.6) is 0 Å². The van der Waals surface area contributed by atoms with Gasteiger partial charge >= 0.3 is 7.75 Å². The summed E-state index contributed by atoms with van der Waals surface area (Å²) in [5.74, 6) is 0. The van der Waals surface area contributed by atoms with Gasteiger partial charge in [0.25, 0.3) is 0 Å². The number of allylic oxidation sites excluding steroid dienone is 2. The molecule has 2 atom stereocenters. The Morgan fingerprint density at radius 2 is 2.04 bits per heavy atom. The second-order valence-electron chi connectivity index (χ2n) is 7.77. The third kappa shape index (κ3) is 5.56. The predicted molar refractivity (Wildman–Crippen MR) is 113 cm³/mol. The standard InChI is InChI=1S/C21H32N3O3P/c1-23(16-10-19-7-3-2-4-8-19)28(25,26)27-18-11-20-9-5-14-24-15-6-12-21(20,22)13-17-24/h2-5,7-9,14H,6,10-13,15-18,22H2,1H3,(H,25,26)/b14-5-,20-9-. The summed E-state index contributed by atoms with van der Waals surface area (Å²) in [6, 6.07) is 9.93. The highest BCUT2D eigenvalue weighted by Gasteiger charge is 2.33. The molecule has 2 heterocycles. The van der Waals surface area contributed by atoms with E-state index in [9.17, 15) is 9.46 Å². The van der Waals surface area contributed by atoms with Gasteiger partial charge in [-0.1, -0.05) is 36.4 Å². The van der Waals surface area contributed by atoms with Gasteiger partial charge in [-0.25, -0.2) is 9.24 Å². The van der Waals surface area contributed by atoms with Gasteiger partial charge in [0.2, 0.25) is 0 Å². The van der Waals surface area contributed by atoms with Crippen LogP contribution in [-0.4, -0.2) is 53.3 Å². The molecule has 0 amide bonds. The number of hydrogen-bond donors (Lipinski definition) is 2. The second kappa shape index (κ2) is 9.38. The van der Waals surface area contributed by atoms with Crippen molar-refractivity contribution >= 4 is 7.75 Å². The van der Waals surface area contributed by atoms with Crippen LogP contribution in [0.25, 0.3) is 0 Å². The minimum absolute atomic E-state index is 0.186. The van der Waals surface area contributed by atoms with Crippen LogP contribution in [0, 0.1) is 0 Å². The highest BCUT2D eigenvalue weighted by molar-refractivity contribution is 7.50. The number of rotatable bonds is 8. The summed E-state index contributed by atoms with van der Waals surface area (Å²) < 4.78 is 19.4. The molecule has 0 aromatic heterocycles. The molecular weight excluding hydrogens is 373 g/mol. The zero-order valence-corrected chi connectivity index (χ0v) is 17.6. The third-order valence-corrected chi connectivity index (χ3v) is 7.36. The van der Waals surface area contributed by atoms with Gasteiger partial charge in [0.15, 0.2) is 0 Å². The number of hydrogen-bond acceptors (Lipinski definition) is 4. The first kappa shape index (κ1) is 21.3. The molecule has 3 rings (SSSR count). The molecule has 2 unspecified atom stereocenters. The number of nitrogens with zero attached hydrogens (tertiary/aromatic N) is 2. The van der Waals surface area contributed by atoms with E-state index in [1.54, 1.807) is 7.05 Å². The largest absolute Gasteiger partial charge is 0.405 e. The van der Waals surface area contributed by atoms with E-state index >= 15 is 0 Å². The van der Waals surface area contributed by atoms with Crippen molar-refractivity contribution in [2.45, 2.75) is 37.6 Å². The second-order valence-corrected chi connectivity index (χ2v) is 9.69. The van der Waals surface area contributed by atoms with E-state index < -0.39 is 7.75 Å². The zero-order chi connectivity index (χ0) is 20.0. The Morgan fingerprint density at radius 1 is 1.25 bits per heavy atom. The fourth-order valence-electron chi connectivity index (χ4n) is 3.86. The molecule has 1 aromatic carbocycles. The number of nitrogens with two attached hydrogens (primary N) is 1. The lowest BCUT2D eigenvalue weighted by Gasteiger charge is -2.32. The van der Waals surface area contributed by atoms with Crippen molar-refractivity contribution in [2.24, 2.45) is 5.73 Å². The van der Waals surface area contributed by atoms with E-state index in [2.05, 4.69) is 17.2 Å². The summed E-state index contributed by atoms with van der Waals surface area (Å²) >= 11 is 0. The van der Waals surface area contributed by atoms with E-state index in [1.165, 1.54) is 4.67 Å². The molecule has 154 valence electrons. The monoisotopic (exact) mass is 405 g/mol. The summed E-state index contributed by atoms with van der Waals surface area (Å²) in [4.78, 5) is 12.6. The van der Waals surface area contributed by atoms with E-state index in [-0.39, 0.29) is 12.1 Å². The summed E-state index contributed by atoms with van der Waals surface area (Å²) in [5, 5.41) is 0. The predicted octanol–water partition coefficient (Wildman–Crippen LogP) is 3.31. The molecule has 7 heteroatoms. The first-order valence-corrected chi connectivity index (χ1v) is 11.6. The van der Waals surface area contributed by atoms with Gasteiger partial charge in [-0.15, -0.1) is 0 Å². The molecule has 2 bridgehead atoms. The Hall–Kier alpha value is -1.43. The fourth-order valence-corrected chi connectivity index (χ4v) is 4.74. The van der Waals surface area contributed by atoms with Crippen molar-refractivity contribution in [3.05, 3.63) is 59.8 Å². The molecule has 0 radical (unpaired) electrons. The topological polar surface area (TPSA) is 79.0 Å². The van der Waals surface area contributed by atoms with Crippen LogP contribution in [0.1, 0.15) is 31.2 Å². The quantitative estimate of drug-likeness (QED) is 0.646. The Bertz CT molecular complexity index is 753. The van der Waals surface area contributed by atoms with Gasteiger partial charge in [-0.2, -0.15) is 0 Å². The summed E-state index contributed by atoms with van der Waals surface area (Å²) in [5.41, 5.74) is 8.60. The summed E-state index contributed by atoms with van der Waals surface area (Å²) in [7, 11) is -2.19. The molecule has 2 aliphatic heterocycles. The van der Waals surface area contributed by atoms with Crippen molar-refractivity contribution in [3.8, 4) is 0 Å². The summed E-state index contributed by atoms with van der Waals surface area (Å²) in [6.07, 6.45) is 10.4. The Balaban J connectivity index is 1.53. The van der Waals surface area contributed by atoms with Crippen LogP contribution < -0.4 is 5.73 Å². The van der Waals surface area contributed by atoms with Crippen LogP contribution in [0.2, 0.25) is 0 Å². The SMILES string of the molecule is CN(CCc1ccccc1)P(=O)(O)OCC/C1=C/C=C\N2CCCC1(N)CC2. The zero-order valence-electron chi connectivity index (χ0n) is 16.7. The van der Waals surface area contributed by atoms with Crippen molar-refractivity contribution in [3.63, 3.8) is 0 Å². The van der Waals surface area contributed by atoms with Crippen LogP contribution in [0.15, 0.2) is 54.3 Å². The van der Waals surface area contributed by atoms with E-state index in [1.807, 2.05) is 36.4 Å². The van der Waals surface area contributed by atoms with Crippen molar-refractivity contribution < 1.29 is 14.0 Å². The lowest BCUT2D eigenvalue weighted by molar-refractivity contribution is 0.211. The lowest BCUT2D eigenvalue weighted by Crippen LogP contribution is -2.43. The maximum absolute atomic E-state index is 12.6. The van der Waals surface area contributed by atoms with Gasteiger partial charge in [0.1, 0.15) is 0 Å². The fraction of sp³-hybridized carbons (Fsp3) is 0.524. The van der Waals surface area contributed by atoms with Crippen LogP contribution in [0.4, 0.5) is 0 Å². The molecule has 1 fully saturated rings. The Labute approximate surface area is 168 Å². The molecule has 28 heavy (non-hydrogen) atoms. The molecule has 0 aliphatic carbocycles. The third-order valence-electron chi connectivity index (χ3n) is 5.78. The molecule has 1 saturated heterocycles. The van der Waals surface area contributed by atoms with E-state index in [0.29, 0.717) is 19.4 Å². The van der Waals surface area contributed by atoms with Gasteiger partial charge in [0, 0.05) is 25.2 Å².